The second kappa shape index (κ2) is 9.97. The average Bonchev–Trinajstić information content (AvgIpc) is 2.55. The van der Waals surface area contributed by atoms with Gasteiger partial charge in [0.1, 0.15) is 5.75 Å². The largest absolute Gasteiger partial charge is 0.497 e. The monoisotopic (exact) mass is 371 g/mol. The molecule has 0 aliphatic heterocycles. The van der Waals surface area contributed by atoms with Crippen molar-refractivity contribution in [1.82, 2.24) is 5.32 Å². The maximum Gasteiger partial charge on any atom is 0.271 e. The Hall–Kier alpha value is -2.02. The third-order valence-corrected chi connectivity index (χ3v) is 3.56. The lowest BCUT2D eigenvalue weighted by molar-refractivity contribution is -0.384. The summed E-state index contributed by atoms with van der Waals surface area (Å²) >= 11 is 6.01. The van der Waals surface area contributed by atoms with Crippen LogP contribution in [0, 0.1) is 10.1 Å². The Labute approximate surface area is 151 Å². The minimum atomic E-state index is -0.467. The van der Waals surface area contributed by atoms with Crippen molar-refractivity contribution >= 4 is 35.4 Å². The molecule has 0 aliphatic carbocycles. The number of hydrogen-bond acceptors (Lipinski definition) is 5. The van der Waals surface area contributed by atoms with Gasteiger partial charge in [0.2, 0.25) is 0 Å². The lowest BCUT2D eigenvalue weighted by atomic mass is 10.2. The third-order valence-electron chi connectivity index (χ3n) is 3.24. The molecule has 2 aromatic rings. The Kier molecular flexibility index (Phi) is 8.32. The second-order valence-corrected chi connectivity index (χ2v) is 5.28. The molecule has 0 fully saturated rings. The van der Waals surface area contributed by atoms with Crippen molar-refractivity contribution in [3.63, 3.8) is 0 Å². The summed E-state index contributed by atoms with van der Waals surface area (Å²) in [6, 6.07) is 12.2. The highest BCUT2D eigenvalue weighted by atomic mass is 35.5. The number of methoxy groups -OCH3 is 1. The minimum absolute atomic E-state index is 0. The van der Waals surface area contributed by atoms with Gasteiger partial charge in [-0.2, -0.15) is 0 Å². The molecule has 0 aromatic heterocycles. The quantitative estimate of drug-likeness (QED) is 0.418. The summed E-state index contributed by atoms with van der Waals surface area (Å²) in [6.45, 7) is 2.11. The summed E-state index contributed by atoms with van der Waals surface area (Å²) in [7, 11) is 1.64. The smallest absolute Gasteiger partial charge is 0.271 e. The molecule has 0 amide bonds. The topological polar surface area (TPSA) is 76.4 Å². The Morgan fingerprint density at radius 3 is 2.67 bits per heavy atom. The normalized spacial score (nSPS) is 9.92. The van der Waals surface area contributed by atoms with E-state index >= 15 is 0 Å². The SMILES string of the molecule is COc1cccc(CNCCNc2ccc([N+](=O)[O-])cc2Cl)c1.Cl. The van der Waals surface area contributed by atoms with E-state index in [1.165, 1.54) is 12.1 Å². The highest BCUT2D eigenvalue weighted by molar-refractivity contribution is 6.33. The Balaban J connectivity index is 0.00000288. The number of rotatable bonds is 8. The number of hydrogen-bond donors (Lipinski definition) is 2. The number of nitro benzene ring substituents is 1. The van der Waals surface area contributed by atoms with Crippen LogP contribution in [-0.2, 0) is 6.54 Å². The van der Waals surface area contributed by atoms with Gasteiger partial charge in [-0.25, -0.2) is 0 Å². The first-order valence-electron chi connectivity index (χ1n) is 7.11. The Bertz CT molecular complexity index is 683. The molecule has 0 aliphatic rings. The second-order valence-electron chi connectivity index (χ2n) is 4.88. The van der Waals surface area contributed by atoms with E-state index in [-0.39, 0.29) is 18.1 Å². The maximum atomic E-state index is 10.7. The number of nitrogens with one attached hydrogen (secondary N) is 2. The molecular weight excluding hydrogens is 353 g/mol. The van der Waals surface area contributed by atoms with E-state index in [0.717, 1.165) is 24.4 Å². The first-order valence-corrected chi connectivity index (χ1v) is 7.49. The average molecular weight is 372 g/mol. The van der Waals surface area contributed by atoms with E-state index in [1.54, 1.807) is 13.2 Å². The zero-order chi connectivity index (χ0) is 16.7. The van der Waals surface area contributed by atoms with E-state index < -0.39 is 4.92 Å². The summed E-state index contributed by atoms with van der Waals surface area (Å²) in [4.78, 5) is 10.2. The van der Waals surface area contributed by atoms with Gasteiger partial charge in [0.15, 0.2) is 0 Å². The van der Waals surface area contributed by atoms with E-state index in [9.17, 15) is 10.1 Å². The van der Waals surface area contributed by atoms with Crippen molar-refractivity contribution in [3.8, 4) is 5.75 Å². The Morgan fingerprint density at radius 2 is 2.00 bits per heavy atom. The zero-order valence-corrected chi connectivity index (χ0v) is 14.7. The highest BCUT2D eigenvalue weighted by Gasteiger charge is 2.08. The molecular formula is C16H19Cl2N3O3. The zero-order valence-electron chi connectivity index (χ0n) is 13.1. The summed E-state index contributed by atoms with van der Waals surface area (Å²) in [5.74, 6) is 0.833. The molecule has 8 heteroatoms. The fourth-order valence-corrected chi connectivity index (χ4v) is 2.30. The predicted octanol–water partition coefficient (Wildman–Crippen LogP) is 3.88. The van der Waals surface area contributed by atoms with E-state index in [0.29, 0.717) is 17.3 Å². The van der Waals surface area contributed by atoms with Gasteiger partial charge < -0.3 is 15.4 Å². The van der Waals surface area contributed by atoms with Gasteiger partial charge in [0.05, 0.1) is 22.7 Å². The summed E-state index contributed by atoms with van der Waals surface area (Å²) in [5.41, 5.74) is 1.80. The summed E-state index contributed by atoms with van der Waals surface area (Å²) in [6.07, 6.45) is 0. The molecule has 2 N–H and O–H groups in total. The van der Waals surface area contributed by atoms with Crippen molar-refractivity contribution < 1.29 is 9.66 Å². The standard InChI is InChI=1S/C16H18ClN3O3.ClH/c1-23-14-4-2-3-12(9-14)11-18-7-8-19-16-6-5-13(20(21)22)10-15(16)17;/h2-6,9-10,18-19H,7-8,11H2,1H3;1H. The summed E-state index contributed by atoms with van der Waals surface area (Å²) < 4.78 is 5.18. The minimum Gasteiger partial charge on any atom is -0.497 e. The van der Waals surface area contributed by atoms with Gasteiger partial charge >= 0.3 is 0 Å². The van der Waals surface area contributed by atoms with E-state index in [2.05, 4.69) is 10.6 Å². The van der Waals surface area contributed by atoms with Crippen LogP contribution in [-0.4, -0.2) is 25.1 Å². The van der Waals surface area contributed by atoms with E-state index in [1.807, 2.05) is 24.3 Å². The van der Waals surface area contributed by atoms with Crippen LogP contribution >= 0.6 is 24.0 Å². The van der Waals surface area contributed by atoms with Gasteiger partial charge in [0.25, 0.3) is 5.69 Å². The molecule has 0 heterocycles. The molecule has 6 nitrogen and oxygen atoms in total. The molecule has 0 saturated carbocycles. The number of anilines is 1. The fraction of sp³-hybridized carbons (Fsp3) is 0.250. The molecule has 0 spiro atoms. The Morgan fingerprint density at radius 1 is 1.21 bits per heavy atom. The lowest BCUT2D eigenvalue weighted by Gasteiger charge is -2.10. The summed E-state index contributed by atoms with van der Waals surface area (Å²) in [5, 5.41) is 17.4. The predicted molar refractivity (Wildman–Crippen MR) is 98.5 cm³/mol. The highest BCUT2D eigenvalue weighted by Crippen LogP contribution is 2.26. The van der Waals surface area contributed by atoms with Crippen LogP contribution in [0.2, 0.25) is 5.02 Å². The van der Waals surface area contributed by atoms with Crippen molar-refractivity contribution in [1.29, 1.82) is 0 Å². The van der Waals surface area contributed by atoms with Gasteiger partial charge in [0, 0.05) is 31.8 Å². The van der Waals surface area contributed by atoms with Crippen LogP contribution in [0.4, 0.5) is 11.4 Å². The molecule has 0 bridgehead atoms. The van der Waals surface area contributed by atoms with Crippen molar-refractivity contribution in [2.75, 3.05) is 25.5 Å². The number of nitro groups is 1. The van der Waals surface area contributed by atoms with E-state index in [4.69, 9.17) is 16.3 Å². The van der Waals surface area contributed by atoms with Crippen LogP contribution in [0.15, 0.2) is 42.5 Å². The van der Waals surface area contributed by atoms with Gasteiger partial charge in [-0.1, -0.05) is 23.7 Å². The molecule has 0 unspecified atom stereocenters. The molecule has 130 valence electrons. The van der Waals surface area contributed by atoms with Crippen LogP contribution in [0.25, 0.3) is 0 Å². The first-order chi connectivity index (χ1) is 11.1. The molecule has 0 atom stereocenters. The number of non-ortho nitro benzene ring substituents is 1. The number of nitrogens with zero attached hydrogens (tertiary/aromatic N) is 1. The van der Waals surface area contributed by atoms with Gasteiger partial charge in [-0.15, -0.1) is 12.4 Å². The van der Waals surface area contributed by atoms with Crippen molar-refractivity contribution in [3.05, 3.63) is 63.2 Å². The van der Waals surface area contributed by atoms with Crippen LogP contribution in [0.3, 0.4) is 0 Å². The maximum absolute atomic E-state index is 10.7. The molecule has 0 radical (unpaired) electrons. The van der Waals surface area contributed by atoms with Gasteiger partial charge in [-0.3, -0.25) is 10.1 Å². The number of ether oxygens (including phenoxy) is 1. The molecule has 24 heavy (non-hydrogen) atoms. The molecule has 2 aromatic carbocycles. The van der Waals surface area contributed by atoms with Crippen molar-refractivity contribution in [2.24, 2.45) is 0 Å². The number of halogens is 2. The van der Waals surface area contributed by atoms with Crippen LogP contribution in [0.5, 0.6) is 5.75 Å². The van der Waals surface area contributed by atoms with Crippen LogP contribution in [0.1, 0.15) is 5.56 Å². The lowest BCUT2D eigenvalue weighted by Crippen LogP contribution is -2.21. The molecule has 0 saturated heterocycles. The van der Waals surface area contributed by atoms with Gasteiger partial charge in [-0.05, 0) is 23.8 Å². The first kappa shape index (κ1) is 20.0. The van der Waals surface area contributed by atoms with Crippen LogP contribution < -0.4 is 15.4 Å². The molecule has 2 rings (SSSR count). The number of benzene rings is 2. The van der Waals surface area contributed by atoms with Crippen molar-refractivity contribution in [2.45, 2.75) is 6.54 Å². The fourth-order valence-electron chi connectivity index (χ4n) is 2.06. The third kappa shape index (κ3) is 5.88.